The lowest BCUT2D eigenvalue weighted by Gasteiger charge is -2.02. The van der Waals surface area contributed by atoms with Crippen molar-refractivity contribution in [3.05, 3.63) is 0 Å². The number of carboxylic acid groups (broad SMARTS) is 2. The summed E-state index contributed by atoms with van der Waals surface area (Å²) in [6, 6.07) is 0. The predicted octanol–water partition coefficient (Wildman–Crippen LogP) is 6.42. The molecule has 0 bridgehead atoms. The van der Waals surface area contributed by atoms with Crippen molar-refractivity contribution in [2.24, 2.45) is 0 Å². The van der Waals surface area contributed by atoms with E-state index in [1.165, 1.54) is 70.6 Å². The largest absolute Gasteiger partial charge is 0.481 e. The van der Waals surface area contributed by atoms with Gasteiger partial charge in [-0.1, -0.05) is 90.9 Å². The summed E-state index contributed by atoms with van der Waals surface area (Å²) in [6.07, 6.45) is 18.3. The molecule has 2 N–H and O–H groups in total. The molecule has 0 aliphatic heterocycles. The summed E-state index contributed by atoms with van der Waals surface area (Å²) in [7, 11) is 0. The van der Waals surface area contributed by atoms with Crippen LogP contribution >= 0.6 is 0 Å². The minimum Gasteiger partial charge on any atom is -0.481 e. The second-order valence-electron chi connectivity index (χ2n) is 6.53. The highest BCUT2D eigenvalue weighted by atomic mass is 16.4. The van der Waals surface area contributed by atoms with Gasteiger partial charge in [0.2, 0.25) is 0 Å². The molecule has 0 fully saturated rings. The van der Waals surface area contributed by atoms with Crippen LogP contribution in [-0.4, -0.2) is 22.2 Å². The zero-order valence-electron chi connectivity index (χ0n) is 16.0. The van der Waals surface area contributed by atoms with Gasteiger partial charge in [-0.05, 0) is 12.8 Å². The number of rotatable bonds is 16. The van der Waals surface area contributed by atoms with Crippen LogP contribution in [0, 0.1) is 0 Å². The second-order valence-corrected chi connectivity index (χ2v) is 6.53. The van der Waals surface area contributed by atoms with Crippen molar-refractivity contribution in [1.82, 2.24) is 0 Å². The van der Waals surface area contributed by atoms with Crippen molar-refractivity contribution >= 4 is 11.9 Å². The lowest BCUT2D eigenvalue weighted by Crippen LogP contribution is -1.93. The highest BCUT2D eigenvalue weighted by Gasteiger charge is 1.96. The number of hydrogen-bond donors (Lipinski definition) is 2. The van der Waals surface area contributed by atoms with Gasteiger partial charge in [-0.2, -0.15) is 0 Å². The lowest BCUT2D eigenvalue weighted by atomic mass is 10.0. The van der Waals surface area contributed by atoms with Gasteiger partial charge in [0.1, 0.15) is 0 Å². The third-order valence-corrected chi connectivity index (χ3v) is 3.96. The van der Waals surface area contributed by atoms with E-state index in [1.807, 2.05) is 6.92 Å². The lowest BCUT2D eigenvalue weighted by molar-refractivity contribution is -0.138. The topological polar surface area (TPSA) is 74.6 Å². The molecule has 0 aliphatic rings. The monoisotopic (exact) mass is 344 g/mol. The number of unbranched alkanes of at least 4 members (excludes halogenated alkanes) is 12. The van der Waals surface area contributed by atoms with Gasteiger partial charge in [0, 0.05) is 12.8 Å². The summed E-state index contributed by atoms with van der Waals surface area (Å²) >= 11 is 0. The van der Waals surface area contributed by atoms with Crippen molar-refractivity contribution in [2.45, 2.75) is 117 Å². The summed E-state index contributed by atoms with van der Waals surface area (Å²) in [5.41, 5.74) is 0. The summed E-state index contributed by atoms with van der Waals surface area (Å²) < 4.78 is 0. The molecular weight excluding hydrogens is 304 g/mol. The zero-order valence-corrected chi connectivity index (χ0v) is 16.0. The van der Waals surface area contributed by atoms with E-state index in [1.54, 1.807) is 0 Å². The molecular formula is C20H40O4. The molecule has 0 radical (unpaired) electrons. The molecule has 0 aromatic carbocycles. The minimum atomic E-state index is -0.711. The quantitative estimate of drug-likeness (QED) is 0.317. The van der Waals surface area contributed by atoms with Gasteiger partial charge in [0.25, 0.3) is 0 Å². The van der Waals surface area contributed by atoms with Crippen LogP contribution < -0.4 is 0 Å². The first-order valence-electron chi connectivity index (χ1n) is 9.98. The van der Waals surface area contributed by atoms with Gasteiger partial charge >= 0.3 is 11.9 Å². The molecule has 24 heavy (non-hydrogen) atoms. The molecule has 0 unspecified atom stereocenters. The molecule has 4 nitrogen and oxygen atoms in total. The van der Waals surface area contributed by atoms with Crippen LogP contribution in [-0.2, 0) is 9.59 Å². The van der Waals surface area contributed by atoms with Crippen LogP contribution in [0.5, 0.6) is 0 Å². The highest BCUT2D eigenvalue weighted by molar-refractivity contribution is 5.66. The Labute approximate surface area is 149 Å². The third kappa shape index (κ3) is 29.0. The Morgan fingerprint density at radius 3 is 1.08 bits per heavy atom. The molecule has 144 valence electrons. The van der Waals surface area contributed by atoms with Crippen molar-refractivity contribution in [3.8, 4) is 0 Å². The highest BCUT2D eigenvalue weighted by Crippen LogP contribution is 2.12. The van der Waals surface area contributed by atoms with Gasteiger partial charge in [-0.15, -0.1) is 0 Å². The number of aliphatic carboxylic acids is 2. The molecule has 0 atom stereocenters. The van der Waals surface area contributed by atoms with E-state index < -0.39 is 11.9 Å². The van der Waals surface area contributed by atoms with Crippen LogP contribution in [0.1, 0.15) is 117 Å². The summed E-state index contributed by atoms with van der Waals surface area (Å²) in [4.78, 5) is 19.9. The maximum Gasteiger partial charge on any atom is 0.303 e. The van der Waals surface area contributed by atoms with Gasteiger partial charge in [-0.3, -0.25) is 9.59 Å². The molecule has 0 heterocycles. The van der Waals surface area contributed by atoms with E-state index in [9.17, 15) is 9.59 Å². The molecule has 0 rings (SSSR count). The first-order valence-corrected chi connectivity index (χ1v) is 9.98. The van der Waals surface area contributed by atoms with E-state index in [-0.39, 0.29) is 0 Å². The van der Waals surface area contributed by atoms with Crippen LogP contribution in [0.3, 0.4) is 0 Å². The molecule has 0 amide bonds. The zero-order chi connectivity index (χ0) is 18.5. The summed E-state index contributed by atoms with van der Waals surface area (Å²) in [5, 5.41) is 16.4. The maximum atomic E-state index is 10.3. The summed E-state index contributed by atoms with van der Waals surface area (Å²) in [6.45, 7) is 4.10. The van der Waals surface area contributed by atoms with Crippen molar-refractivity contribution in [3.63, 3.8) is 0 Å². The van der Waals surface area contributed by atoms with E-state index >= 15 is 0 Å². The Morgan fingerprint density at radius 1 is 0.500 bits per heavy atom. The van der Waals surface area contributed by atoms with Gasteiger partial charge < -0.3 is 10.2 Å². The first kappa shape index (κ1) is 25.2. The van der Waals surface area contributed by atoms with Gasteiger partial charge in [0.05, 0.1) is 0 Å². The Morgan fingerprint density at radius 2 is 0.833 bits per heavy atom. The SMILES string of the molecule is CCCC(=O)O.CCCCCCCCCCCCCCCC(=O)O. The smallest absolute Gasteiger partial charge is 0.303 e. The third-order valence-electron chi connectivity index (χ3n) is 3.96. The second kappa shape index (κ2) is 21.9. The molecule has 0 aromatic heterocycles. The van der Waals surface area contributed by atoms with Crippen molar-refractivity contribution < 1.29 is 19.8 Å². The molecule has 0 spiro atoms. The fraction of sp³-hybridized carbons (Fsp3) is 0.900. The molecule has 0 saturated heterocycles. The summed E-state index contributed by atoms with van der Waals surface area (Å²) in [5.74, 6) is -1.37. The van der Waals surface area contributed by atoms with Gasteiger partial charge in [0.15, 0.2) is 0 Å². The maximum absolute atomic E-state index is 10.3. The predicted molar refractivity (Wildman–Crippen MR) is 100 cm³/mol. The average molecular weight is 345 g/mol. The van der Waals surface area contributed by atoms with Crippen molar-refractivity contribution in [1.29, 1.82) is 0 Å². The molecule has 0 aromatic rings. The Balaban J connectivity index is 0. The van der Waals surface area contributed by atoms with Crippen LogP contribution in [0.4, 0.5) is 0 Å². The first-order chi connectivity index (χ1) is 11.5. The van der Waals surface area contributed by atoms with E-state index in [0.29, 0.717) is 12.8 Å². The number of carboxylic acids is 2. The standard InChI is InChI=1S/C16H32O2.C4H8O2/c1-2-3-4-5-6-7-8-9-10-11-12-13-14-15-16(17)18;1-2-3-4(5)6/h2-15H2,1H3,(H,17,18);2-3H2,1H3,(H,5,6). The van der Waals surface area contributed by atoms with Crippen molar-refractivity contribution in [2.75, 3.05) is 0 Å². The number of carbonyl (C=O) groups is 2. The Hall–Kier alpha value is -1.06. The van der Waals surface area contributed by atoms with Crippen LogP contribution in [0.25, 0.3) is 0 Å². The fourth-order valence-corrected chi connectivity index (χ4v) is 2.51. The molecule has 0 aliphatic carbocycles. The fourth-order valence-electron chi connectivity index (χ4n) is 2.51. The van der Waals surface area contributed by atoms with E-state index in [2.05, 4.69) is 6.92 Å². The molecule has 4 heteroatoms. The number of hydrogen-bond acceptors (Lipinski definition) is 2. The van der Waals surface area contributed by atoms with Crippen LogP contribution in [0.15, 0.2) is 0 Å². The van der Waals surface area contributed by atoms with E-state index in [4.69, 9.17) is 10.2 Å². The minimum absolute atomic E-state index is 0.292. The molecule has 0 saturated carbocycles. The van der Waals surface area contributed by atoms with Gasteiger partial charge in [-0.25, -0.2) is 0 Å². The van der Waals surface area contributed by atoms with E-state index in [0.717, 1.165) is 19.3 Å². The normalized spacial score (nSPS) is 10.1. The Kier molecular flexibility index (Phi) is 23.0. The average Bonchev–Trinajstić information content (AvgIpc) is 2.52. The van der Waals surface area contributed by atoms with Crippen LogP contribution in [0.2, 0.25) is 0 Å². The Bertz CT molecular complexity index is 277.